The zero-order valence-electron chi connectivity index (χ0n) is 5.78. The summed E-state index contributed by atoms with van der Waals surface area (Å²) in [5.41, 5.74) is 0.889. The van der Waals surface area contributed by atoms with Crippen molar-refractivity contribution in [2.45, 2.75) is 5.09 Å². The van der Waals surface area contributed by atoms with Crippen LogP contribution in [0, 0.1) is 0 Å². The highest BCUT2D eigenvalue weighted by Crippen LogP contribution is 2.23. The fourth-order valence-corrected chi connectivity index (χ4v) is 1.35. The minimum Gasteiger partial charge on any atom is -0.449 e. The first-order valence-corrected chi connectivity index (χ1v) is 4.13. The number of nitrogens with two attached hydrogens (primary N) is 1. The van der Waals surface area contributed by atoms with Gasteiger partial charge in [0.25, 0.3) is 0 Å². The normalized spacial score (nSPS) is 10.6. The Labute approximate surface area is 68.5 Å². The minimum absolute atomic E-state index is 0.756. The third-order valence-electron chi connectivity index (χ3n) is 1.52. The van der Waals surface area contributed by atoms with E-state index < -0.39 is 0 Å². The van der Waals surface area contributed by atoms with Gasteiger partial charge in [-0.2, -0.15) is 0 Å². The van der Waals surface area contributed by atoms with Crippen molar-refractivity contribution in [3.63, 3.8) is 0 Å². The standard InChI is InChI=1S/C8H7NOS/c9-11-8-5-6-3-1-2-4-7(6)10-8/h1-5H,9H2. The summed E-state index contributed by atoms with van der Waals surface area (Å²) >= 11 is 1.13. The number of hydrogen-bond donors (Lipinski definition) is 1. The first-order chi connectivity index (χ1) is 5.40. The van der Waals surface area contributed by atoms with E-state index in [9.17, 15) is 0 Å². The van der Waals surface area contributed by atoms with Gasteiger partial charge in [0.1, 0.15) is 5.58 Å². The van der Waals surface area contributed by atoms with Crippen LogP contribution in [0.5, 0.6) is 0 Å². The monoisotopic (exact) mass is 165 g/mol. The highest BCUT2D eigenvalue weighted by atomic mass is 32.2. The summed E-state index contributed by atoms with van der Waals surface area (Å²) in [6.07, 6.45) is 0. The molecule has 2 nitrogen and oxygen atoms in total. The molecule has 0 fully saturated rings. The molecule has 2 rings (SSSR count). The van der Waals surface area contributed by atoms with E-state index in [0.29, 0.717) is 0 Å². The Hall–Kier alpha value is -0.930. The molecule has 1 heterocycles. The molecule has 0 amide bonds. The zero-order valence-corrected chi connectivity index (χ0v) is 6.60. The third-order valence-corrected chi connectivity index (χ3v) is 1.95. The lowest BCUT2D eigenvalue weighted by Crippen LogP contribution is -1.72. The lowest BCUT2D eigenvalue weighted by molar-refractivity contribution is 0.515. The number of rotatable bonds is 1. The molecule has 3 heteroatoms. The molecule has 1 aromatic heterocycles. The molecule has 11 heavy (non-hydrogen) atoms. The Morgan fingerprint density at radius 2 is 2.09 bits per heavy atom. The summed E-state index contributed by atoms with van der Waals surface area (Å²) in [5.74, 6) is 0. The second-order valence-electron chi connectivity index (χ2n) is 2.22. The molecule has 2 N–H and O–H groups in total. The van der Waals surface area contributed by atoms with Crippen LogP contribution in [0.15, 0.2) is 39.8 Å². The summed E-state index contributed by atoms with van der Waals surface area (Å²) in [4.78, 5) is 0. The van der Waals surface area contributed by atoms with E-state index in [4.69, 9.17) is 9.56 Å². The first kappa shape index (κ1) is 6.76. The predicted molar refractivity (Wildman–Crippen MR) is 46.3 cm³/mol. The van der Waals surface area contributed by atoms with Crippen LogP contribution >= 0.6 is 11.9 Å². The molecule has 0 radical (unpaired) electrons. The van der Waals surface area contributed by atoms with E-state index in [1.807, 2.05) is 30.3 Å². The van der Waals surface area contributed by atoms with Crippen molar-refractivity contribution >= 4 is 22.9 Å². The van der Waals surface area contributed by atoms with Crippen molar-refractivity contribution in [1.82, 2.24) is 0 Å². The average molecular weight is 165 g/mol. The maximum atomic E-state index is 5.36. The number of hydrogen-bond acceptors (Lipinski definition) is 3. The lowest BCUT2D eigenvalue weighted by Gasteiger charge is -1.83. The highest BCUT2D eigenvalue weighted by molar-refractivity contribution is 7.97. The molecular weight excluding hydrogens is 158 g/mol. The van der Waals surface area contributed by atoms with E-state index in [1.54, 1.807) is 0 Å². The van der Waals surface area contributed by atoms with Crippen LogP contribution in [0.2, 0.25) is 0 Å². The second kappa shape index (κ2) is 2.60. The predicted octanol–water partition coefficient (Wildman–Crippen LogP) is 2.40. The maximum absolute atomic E-state index is 5.36. The number of benzene rings is 1. The lowest BCUT2D eigenvalue weighted by atomic mass is 10.3. The summed E-state index contributed by atoms with van der Waals surface area (Å²) in [7, 11) is 0. The summed E-state index contributed by atoms with van der Waals surface area (Å²) < 4.78 is 5.36. The second-order valence-corrected chi connectivity index (χ2v) is 2.86. The van der Waals surface area contributed by atoms with Crippen molar-refractivity contribution < 1.29 is 4.42 Å². The zero-order chi connectivity index (χ0) is 7.68. The average Bonchev–Trinajstić information content (AvgIpc) is 2.46. The van der Waals surface area contributed by atoms with Crippen molar-refractivity contribution in [1.29, 1.82) is 0 Å². The van der Waals surface area contributed by atoms with Crippen LogP contribution in [0.4, 0.5) is 0 Å². The molecular formula is C8H7NOS. The Morgan fingerprint density at radius 3 is 2.82 bits per heavy atom. The van der Waals surface area contributed by atoms with E-state index in [2.05, 4.69) is 0 Å². The van der Waals surface area contributed by atoms with Gasteiger partial charge in [-0.05, 0) is 24.1 Å². The summed E-state index contributed by atoms with van der Waals surface area (Å²) in [5, 5.41) is 7.19. The van der Waals surface area contributed by atoms with E-state index in [-0.39, 0.29) is 0 Å². The molecule has 0 spiro atoms. The third kappa shape index (κ3) is 1.13. The van der Waals surface area contributed by atoms with Crippen LogP contribution in [0.1, 0.15) is 0 Å². The van der Waals surface area contributed by atoms with Gasteiger partial charge < -0.3 is 4.42 Å². The first-order valence-electron chi connectivity index (χ1n) is 3.25. The maximum Gasteiger partial charge on any atom is 0.176 e. The van der Waals surface area contributed by atoms with Crippen LogP contribution in [0.25, 0.3) is 11.0 Å². The fraction of sp³-hybridized carbons (Fsp3) is 0. The van der Waals surface area contributed by atoms with E-state index >= 15 is 0 Å². The van der Waals surface area contributed by atoms with Gasteiger partial charge in [0.05, 0.1) is 0 Å². The fourth-order valence-electron chi connectivity index (χ4n) is 1.02. The molecule has 0 saturated heterocycles. The molecule has 56 valence electrons. The quantitative estimate of drug-likeness (QED) is 0.659. The van der Waals surface area contributed by atoms with Gasteiger partial charge in [0.2, 0.25) is 0 Å². The Bertz CT molecular complexity index is 336. The minimum atomic E-state index is 0.756. The molecule has 0 unspecified atom stereocenters. The Kier molecular flexibility index (Phi) is 1.60. The van der Waals surface area contributed by atoms with Crippen LogP contribution < -0.4 is 5.14 Å². The molecule has 0 atom stereocenters. The van der Waals surface area contributed by atoms with Gasteiger partial charge in [-0.25, -0.2) is 0 Å². The van der Waals surface area contributed by atoms with Crippen LogP contribution in [-0.4, -0.2) is 0 Å². The summed E-state index contributed by atoms with van der Waals surface area (Å²) in [6, 6.07) is 9.77. The van der Waals surface area contributed by atoms with Gasteiger partial charge in [0.15, 0.2) is 5.09 Å². The van der Waals surface area contributed by atoms with E-state index in [0.717, 1.165) is 28.0 Å². The van der Waals surface area contributed by atoms with Crippen LogP contribution in [-0.2, 0) is 0 Å². The van der Waals surface area contributed by atoms with E-state index in [1.165, 1.54) is 0 Å². The van der Waals surface area contributed by atoms with Gasteiger partial charge in [-0.1, -0.05) is 18.2 Å². The van der Waals surface area contributed by atoms with Gasteiger partial charge in [-0.3, -0.25) is 5.14 Å². The Morgan fingerprint density at radius 1 is 1.27 bits per heavy atom. The van der Waals surface area contributed by atoms with Crippen molar-refractivity contribution in [3.05, 3.63) is 30.3 Å². The largest absolute Gasteiger partial charge is 0.449 e. The SMILES string of the molecule is NSc1cc2ccccc2o1. The number of furan rings is 1. The van der Waals surface area contributed by atoms with Crippen LogP contribution in [0.3, 0.4) is 0 Å². The van der Waals surface area contributed by atoms with Crippen molar-refractivity contribution in [2.24, 2.45) is 5.14 Å². The Balaban J connectivity index is 2.69. The molecule has 0 aliphatic rings. The number of para-hydroxylation sites is 1. The van der Waals surface area contributed by atoms with Crippen molar-refractivity contribution in [3.8, 4) is 0 Å². The van der Waals surface area contributed by atoms with Gasteiger partial charge in [-0.15, -0.1) is 0 Å². The smallest absolute Gasteiger partial charge is 0.176 e. The molecule has 0 saturated carbocycles. The molecule has 1 aromatic carbocycles. The molecule has 2 aromatic rings. The number of fused-ring (bicyclic) bond motifs is 1. The highest BCUT2D eigenvalue weighted by Gasteiger charge is 1.99. The molecule has 0 aliphatic heterocycles. The van der Waals surface area contributed by atoms with Gasteiger partial charge >= 0.3 is 0 Å². The topological polar surface area (TPSA) is 39.2 Å². The van der Waals surface area contributed by atoms with Crippen molar-refractivity contribution in [2.75, 3.05) is 0 Å². The molecule has 0 bridgehead atoms. The van der Waals surface area contributed by atoms with Gasteiger partial charge in [0, 0.05) is 5.39 Å². The summed E-state index contributed by atoms with van der Waals surface area (Å²) in [6.45, 7) is 0. The molecule has 0 aliphatic carbocycles.